The number of carbonyl (C=O) groups excluding carboxylic acids is 4. The average molecular weight is 578 g/mol. The SMILES string of the molecule is CCCCCCCCC(C)C1CC(=O)NC(Cc2ccc(Cl)cc2)C(=O)NC(C)C(=O)NC(C(C)CC)C(=O)O1. The third-order valence-corrected chi connectivity index (χ3v) is 8.08. The molecular weight excluding hydrogens is 530 g/mol. The summed E-state index contributed by atoms with van der Waals surface area (Å²) in [6.07, 6.45) is 7.77. The van der Waals surface area contributed by atoms with Crippen molar-refractivity contribution in [3.8, 4) is 0 Å². The summed E-state index contributed by atoms with van der Waals surface area (Å²) in [5.74, 6) is -2.15. The van der Waals surface area contributed by atoms with Crippen molar-refractivity contribution in [3.05, 3.63) is 34.9 Å². The van der Waals surface area contributed by atoms with Gasteiger partial charge in [0.1, 0.15) is 24.2 Å². The van der Waals surface area contributed by atoms with Crippen molar-refractivity contribution in [1.29, 1.82) is 0 Å². The molecule has 1 aromatic carbocycles. The molecule has 8 nitrogen and oxygen atoms in total. The van der Waals surface area contributed by atoms with Gasteiger partial charge >= 0.3 is 5.97 Å². The number of cyclic esters (lactones) is 1. The zero-order valence-electron chi connectivity index (χ0n) is 24.8. The standard InChI is InChI=1S/C31H48ClN3O5/c1-6-8-9-10-11-12-13-21(4)26-19-27(36)34-25(18-23-14-16-24(32)17-15-23)30(38)33-22(5)29(37)35-28(20(3)7-2)31(39)40-26/h14-17,20-22,25-26,28H,6-13,18-19H2,1-5H3,(H,33,38)(H,34,36)(H,35,37). The monoisotopic (exact) mass is 577 g/mol. The Hall–Kier alpha value is -2.61. The van der Waals surface area contributed by atoms with E-state index in [9.17, 15) is 19.2 Å². The molecule has 1 saturated heterocycles. The van der Waals surface area contributed by atoms with Crippen LogP contribution in [0.4, 0.5) is 0 Å². The third kappa shape index (κ3) is 11.1. The Balaban J connectivity index is 2.29. The molecule has 6 atom stereocenters. The van der Waals surface area contributed by atoms with E-state index < -0.39 is 42.0 Å². The summed E-state index contributed by atoms with van der Waals surface area (Å²) in [4.78, 5) is 52.9. The number of unbranched alkanes of at least 4 members (excludes halogenated alkanes) is 5. The topological polar surface area (TPSA) is 114 Å². The molecule has 1 aliphatic rings. The predicted molar refractivity (Wildman–Crippen MR) is 158 cm³/mol. The minimum absolute atomic E-state index is 0.0656. The number of halogens is 1. The van der Waals surface area contributed by atoms with Gasteiger partial charge in [0.25, 0.3) is 0 Å². The van der Waals surface area contributed by atoms with Crippen LogP contribution in [0.3, 0.4) is 0 Å². The third-order valence-electron chi connectivity index (χ3n) is 7.82. The van der Waals surface area contributed by atoms with Crippen LogP contribution in [0, 0.1) is 11.8 Å². The van der Waals surface area contributed by atoms with Gasteiger partial charge < -0.3 is 20.7 Å². The van der Waals surface area contributed by atoms with Crippen molar-refractivity contribution >= 4 is 35.3 Å². The van der Waals surface area contributed by atoms with Crippen molar-refractivity contribution in [2.24, 2.45) is 11.8 Å². The molecule has 1 heterocycles. The van der Waals surface area contributed by atoms with Gasteiger partial charge in [-0.3, -0.25) is 14.4 Å². The van der Waals surface area contributed by atoms with Crippen LogP contribution in [0.5, 0.6) is 0 Å². The molecular formula is C31H48ClN3O5. The molecule has 0 radical (unpaired) electrons. The smallest absolute Gasteiger partial charge is 0.329 e. The van der Waals surface area contributed by atoms with Gasteiger partial charge in [-0.05, 0) is 42.9 Å². The largest absolute Gasteiger partial charge is 0.460 e. The lowest BCUT2D eigenvalue weighted by atomic mass is 9.93. The maximum absolute atomic E-state index is 13.4. The Kier molecular flexibility index (Phi) is 14.5. The molecule has 6 unspecified atom stereocenters. The highest BCUT2D eigenvalue weighted by atomic mass is 35.5. The van der Waals surface area contributed by atoms with E-state index in [0.29, 0.717) is 11.4 Å². The maximum Gasteiger partial charge on any atom is 0.329 e. The molecule has 224 valence electrons. The van der Waals surface area contributed by atoms with Crippen molar-refractivity contribution < 1.29 is 23.9 Å². The Morgan fingerprint density at radius 2 is 1.52 bits per heavy atom. The number of amides is 3. The number of rotatable bonds is 12. The van der Waals surface area contributed by atoms with Crippen LogP contribution in [0.1, 0.15) is 98.0 Å². The molecule has 0 saturated carbocycles. The minimum Gasteiger partial charge on any atom is -0.460 e. The second-order valence-electron chi connectivity index (χ2n) is 11.3. The fourth-order valence-electron chi connectivity index (χ4n) is 4.84. The quantitative estimate of drug-likeness (QED) is 0.236. The first-order valence-corrected chi connectivity index (χ1v) is 15.3. The number of esters is 1. The van der Waals surface area contributed by atoms with Gasteiger partial charge in [0, 0.05) is 11.4 Å². The van der Waals surface area contributed by atoms with Gasteiger partial charge in [-0.25, -0.2) is 4.79 Å². The molecule has 1 aromatic rings. The normalized spacial score (nSPS) is 24.4. The number of benzene rings is 1. The summed E-state index contributed by atoms with van der Waals surface area (Å²) in [5.41, 5.74) is 0.808. The van der Waals surface area contributed by atoms with E-state index >= 15 is 0 Å². The molecule has 2 rings (SSSR count). The first kappa shape index (κ1) is 33.6. The minimum atomic E-state index is -0.917. The first-order chi connectivity index (χ1) is 19.0. The predicted octanol–water partition coefficient (Wildman–Crippen LogP) is 5.11. The fourth-order valence-corrected chi connectivity index (χ4v) is 4.97. The number of hydrogen-bond donors (Lipinski definition) is 3. The van der Waals surface area contributed by atoms with Crippen LogP contribution in [0.25, 0.3) is 0 Å². The Labute approximate surface area is 244 Å². The van der Waals surface area contributed by atoms with Crippen molar-refractivity contribution in [3.63, 3.8) is 0 Å². The van der Waals surface area contributed by atoms with Gasteiger partial charge in [-0.2, -0.15) is 0 Å². The van der Waals surface area contributed by atoms with Crippen LogP contribution in [-0.4, -0.2) is 47.9 Å². The summed E-state index contributed by atoms with van der Waals surface area (Å²) < 4.78 is 5.97. The number of nitrogens with one attached hydrogen (secondary N) is 3. The van der Waals surface area contributed by atoms with Gasteiger partial charge in [-0.15, -0.1) is 0 Å². The molecule has 0 bridgehead atoms. The molecule has 3 N–H and O–H groups in total. The van der Waals surface area contributed by atoms with Crippen LogP contribution in [0.2, 0.25) is 5.02 Å². The molecule has 40 heavy (non-hydrogen) atoms. The zero-order chi connectivity index (χ0) is 29.7. The van der Waals surface area contributed by atoms with Crippen molar-refractivity contribution in [2.75, 3.05) is 0 Å². The summed E-state index contributed by atoms with van der Waals surface area (Å²) in [5, 5.41) is 8.89. The van der Waals surface area contributed by atoms with Crippen LogP contribution in [-0.2, 0) is 30.3 Å². The first-order valence-electron chi connectivity index (χ1n) is 14.9. The molecule has 9 heteroatoms. The Morgan fingerprint density at radius 1 is 0.875 bits per heavy atom. The molecule has 1 fully saturated rings. The second-order valence-corrected chi connectivity index (χ2v) is 11.7. The molecule has 0 spiro atoms. The Morgan fingerprint density at radius 3 is 2.17 bits per heavy atom. The lowest BCUT2D eigenvalue weighted by molar-refractivity contribution is -0.158. The lowest BCUT2D eigenvalue weighted by Crippen LogP contribution is -2.55. The fraction of sp³-hybridized carbons (Fsp3) is 0.677. The number of ether oxygens (including phenoxy) is 1. The number of carbonyl (C=O) groups is 4. The van der Waals surface area contributed by atoms with E-state index in [1.807, 2.05) is 20.8 Å². The van der Waals surface area contributed by atoms with Gasteiger partial charge in [0.2, 0.25) is 17.7 Å². The lowest BCUT2D eigenvalue weighted by Gasteiger charge is -2.29. The van der Waals surface area contributed by atoms with Gasteiger partial charge in [0.05, 0.1) is 6.42 Å². The van der Waals surface area contributed by atoms with Gasteiger partial charge in [-0.1, -0.05) is 96.4 Å². The Bertz CT molecular complexity index is 970. The zero-order valence-corrected chi connectivity index (χ0v) is 25.5. The van der Waals surface area contributed by atoms with E-state index in [1.54, 1.807) is 31.2 Å². The highest BCUT2D eigenvalue weighted by molar-refractivity contribution is 6.30. The summed E-state index contributed by atoms with van der Waals surface area (Å²) in [6.45, 7) is 9.54. The average Bonchev–Trinajstić information content (AvgIpc) is 2.93. The van der Waals surface area contributed by atoms with Crippen LogP contribution >= 0.6 is 11.6 Å². The van der Waals surface area contributed by atoms with Gasteiger partial charge in [0.15, 0.2) is 0 Å². The highest BCUT2D eigenvalue weighted by Gasteiger charge is 2.35. The van der Waals surface area contributed by atoms with E-state index in [0.717, 1.165) is 31.2 Å². The second kappa shape index (κ2) is 17.3. The number of hydrogen-bond acceptors (Lipinski definition) is 5. The molecule has 0 aliphatic carbocycles. The van der Waals surface area contributed by atoms with Crippen LogP contribution in [0.15, 0.2) is 24.3 Å². The van der Waals surface area contributed by atoms with Crippen molar-refractivity contribution in [2.45, 2.75) is 123 Å². The summed E-state index contributed by atoms with van der Waals surface area (Å²) >= 11 is 6.01. The van der Waals surface area contributed by atoms with Crippen molar-refractivity contribution in [1.82, 2.24) is 16.0 Å². The summed E-state index contributed by atoms with van der Waals surface area (Å²) in [6, 6.07) is 4.32. The summed E-state index contributed by atoms with van der Waals surface area (Å²) in [7, 11) is 0. The highest BCUT2D eigenvalue weighted by Crippen LogP contribution is 2.22. The van der Waals surface area contributed by atoms with E-state index in [-0.39, 0.29) is 30.6 Å². The maximum atomic E-state index is 13.4. The van der Waals surface area contributed by atoms with E-state index in [1.165, 1.54) is 19.3 Å². The van der Waals surface area contributed by atoms with Crippen LogP contribution < -0.4 is 16.0 Å². The van der Waals surface area contributed by atoms with E-state index in [2.05, 4.69) is 22.9 Å². The molecule has 0 aromatic heterocycles. The molecule has 3 amide bonds. The molecule has 1 aliphatic heterocycles. The van der Waals surface area contributed by atoms with E-state index in [4.69, 9.17) is 16.3 Å².